The van der Waals surface area contributed by atoms with Gasteiger partial charge >= 0.3 is 0 Å². The lowest BCUT2D eigenvalue weighted by molar-refractivity contribution is -0.123. The molecule has 0 radical (unpaired) electrons. The Kier molecular flexibility index (Phi) is 4.07. The number of hydrogen-bond acceptors (Lipinski definition) is 3. The molecule has 0 unspecified atom stereocenters. The van der Waals surface area contributed by atoms with Crippen molar-refractivity contribution in [1.82, 2.24) is 4.31 Å². The second-order valence-electron chi connectivity index (χ2n) is 3.66. The summed E-state index contributed by atoms with van der Waals surface area (Å²) in [6.07, 6.45) is 1.38. The normalized spacial score (nSPS) is 10.9. The van der Waals surface area contributed by atoms with E-state index in [1.807, 2.05) is 6.92 Å². The van der Waals surface area contributed by atoms with Crippen molar-refractivity contribution in [3.63, 3.8) is 0 Å². The van der Waals surface area contributed by atoms with Crippen molar-refractivity contribution in [3.05, 3.63) is 42.5 Å². The molecule has 0 aliphatic rings. The highest BCUT2D eigenvalue weighted by atomic mass is 32.2. The van der Waals surface area contributed by atoms with E-state index in [0.29, 0.717) is 0 Å². The number of sulfonamides is 1. The third kappa shape index (κ3) is 2.94. The molecule has 5 heteroatoms. The molecule has 0 N–H and O–H groups in total. The summed E-state index contributed by atoms with van der Waals surface area (Å²) in [5.74, 6) is -0.523. The van der Waals surface area contributed by atoms with E-state index in [4.69, 9.17) is 0 Å². The Morgan fingerprint density at radius 2 is 1.88 bits per heavy atom. The van der Waals surface area contributed by atoms with Crippen molar-refractivity contribution >= 4 is 15.9 Å². The van der Waals surface area contributed by atoms with Crippen LogP contribution in [0.25, 0.3) is 0 Å². The molecule has 17 heavy (non-hydrogen) atoms. The highest BCUT2D eigenvalue weighted by Gasteiger charge is 2.25. The Bertz CT molecular complexity index is 517. The smallest absolute Gasteiger partial charge is 0.266 e. The van der Waals surface area contributed by atoms with Gasteiger partial charge in [0.05, 0.1) is 11.4 Å². The van der Waals surface area contributed by atoms with E-state index in [9.17, 15) is 13.2 Å². The van der Waals surface area contributed by atoms with Gasteiger partial charge in [0, 0.05) is 6.92 Å². The molecule has 4 nitrogen and oxygen atoms in total. The SMILES string of the molecule is C=CCN(C(C)=O)S(=O)(=O)c1ccc(C)cc1. The summed E-state index contributed by atoms with van der Waals surface area (Å²) in [6.45, 7) is 6.51. The molecule has 0 atom stereocenters. The van der Waals surface area contributed by atoms with Crippen LogP contribution in [0.15, 0.2) is 41.8 Å². The second kappa shape index (κ2) is 5.14. The number of aryl methyl sites for hydroxylation is 1. The van der Waals surface area contributed by atoms with Gasteiger partial charge in [-0.2, -0.15) is 0 Å². The van der Waals surface area contributed by atoms with Crippen LogP contribution in [0.2, 0.25) is 0 Å². The lowest BCUT2D eigenvalue weighted by Crippen LogP contribution is -2.35. The molecule has 1 amide bonds. The zero-order chi connectivity index (χ0) is 13.1. The lowest BCUT2D eigenvalue weighted by Gasteiger charge is -2.19. The molecule has 1 aromatic carbocycles. The monoisotopic (exact) mass is 253 g/mol. The highest BCUT2D eigenvalue weighted by Crippen LogP contribution is 2.16. The fraction of sp³-hybridized carbons (Fsp3) is 0.250. The van der Waals surface area contributed by atoms with Crippen LogP contribution in [0.5, 0.6) is 0 Å². The highest BCUT2D eigenvalue weighted by molar-refractivity contribution is 7.89. The predicted octanol–water partition coefficient (Wildman–Crippen LogP) is 1.72. The molecule has 0 saturated heterocycles. The molecular formula is C12H15NO3S. The van der Waals surface area contributed by atoms with E-state index in [2.05, 4.69) is 6.58 Å². The molecule has 1 rings (SSSR count). The van der Waals surface area contributed by atoms with Gasteiger partial charge in [-0.25, -0.2) is 12.7 Å². The van der Waals surface area contributed by atoms with Crippen LogP contribution in [0.3, 0.4) is 0 Å². The van der Waals surface area contributed by atoms with Crippen LogP contribution < -0.4 is 0 Å². The fourth-order valence-corrected chi connectivity index (χ4v) is 2.73. The zero-order valence-electron chi connectivity index (χ0n) is 9.88. The lowest BCUT2D eigenvalue weighted by atomic mass is 10.2. The maximum absolute atomic E-state index is 12.1. The van der Waals surface area contributed by atoms with Gasteiger partial charge in [0.25, 0.3) is 10.0 Å². The number of carbonyl (C=O) groups is 1. The average Bonchev–Trinajstić information content (AvgIpc) is 2.25. The molecule has 0 fully saturated rings. The minimum atomic E-state index is -3.77. The summed E-state index contributed by atoms with van der Waals surface area (Å²) in [7, 11) is -3.77. The van der Waals surface area contributed by atoms with Gasteiger partial charge in [-0.15, -0.1) is 6.58 Å². The number of benzene rings is 1. The topological polar surface area (TPSA) is 54.5 Å². The molecule has 0 aromatic heterocycles. The van der Waals surface area contributed by atoms with E-state index < -0.39 is 15.9 Å². The van der Waals surface area contributed by atoms with E-state index in [1.54, 1.807) is 12.1 Å². The molecule has 0 bridgehead atoms. The summed E-state index contributed by atoms with van der Waals surface area (Å²) >= 11 is 0. The van der Waals surface area contributed by atoms with Gasteiger partial charge in [-0.05, 0) is 19.1 Å². The van der Waals surface area contributed by atoms with Crippen molar-refractivity contribution in [2.75, 3.05) is 6.54 Å². The maximum atomic E-state index is 12.1. The van der Waals surface area contributed by atoms with Crippen LogP contribution in [-0.2, 0) is 14.8 Å². The Morgan fingerprint density at radius 3 is 2.29 bits per heavy atom. The van der Waals surface area contributed by atoms with E-state index in [1.165, 1.54) is 25.1 Å². The Labute approximate surface area is 102 Å². The maximum Gasteiger partial charge on any atom is 0.266 e. The van der Waals surface area contributed by atoms with Crippen LogP contribution in [0.1, 0.15) is 12.5 Å². The second-order valence-corrected chi connectivity index (χ2v) is 5.52. The summed E-state index contributed by atoms with van der Waals surface area (Å²) in [4.78, 5) is 11.4. The van der Waals surface area contributed by atoms with Crippen LogP contribution >= 0.6 is 0 Å². The third-order valence-electron chi connectivity index (χ3n) is 2.26. The van der Waals surface area contributed by atoms with Crippen molar-refractivity contribution < 1.29 is 13.2 Å². The van der Waals surface area contributed by atoms with Crippen molar-refractivity contribution in [3.8, 4) is 0 Å². The number of nitrogens with zero attached hydrogens (tertiary/aromatic N) is 1. The summed E-state index contributed by atoms with van der Waals surface area (Å²) < 4.78 is 25.1. The van der Waals surface area contributed by atoms with Gasteiger partial charge in [-0.3, -0.25) is 4.79 Å². The van der Waals surface area contributed by atoms with Gasteiger partial charge in [0.1, 0.15) is 0 Å². The third-order valence-corrected chi connectivity index (χ3v) is 4.11. The molecule has 0 saturated carbocycles. The molecule has 1 aromatic rings. The average molecular weight is 253 g/mol. The number of carbonyl (C=O) groups excluding carboxylic acids is 1. The fourth-order valence-electron chi connectivity index (χ4n) is 1.35. The summed E-state index contributed by atoms with van der Waals surface area (Å²) in [5, 5.41) is 0. The Morgan fingerprint density at radius 1 is 1.35 bits per heavy atom. The molecular weight excluding hydrogens is 238 g/mol. The molecule has 0 heterocycles. The Hall–Kier alpha value is -1.62. The first-order valence-electron chi connectivity index (χ1n) is 5.10. The predicted molar refractivity (Wildman–Crippen MR) is 65.9 cm³/mol. The molecule has 0 aliphatic heterocycles. The van der Waals surface area contributed by atoms with Gasteiger partial charge < -0.3 is 0 Å². The van der Waals surface area contributed by atoms with Crippen molar-refractivity contribution in [2.24, 2.45) is 0 Å². The Balaban J connectivity index is 3.20. The van der Waals surface area contributed by atoms with E-state index in [0.717, 1.165) is 9.87 Å². The first-order chi connectivity index (χ1) is 7.89. The van der Waals surface area contributed by atoms with E-state index in [-0.39, 0.29) is 11.4 Å². The van der Waals surface area contributed by atoms with Crippen LogP contribution in [0, 0.1) is 6.92 Å². The van der Waals surface area contributed by atoms with Crippen LogP contribution in [-0.4, -0.2) is 25.2 Å². The molecule has 92 valence electrons. The molecule has 0 aliphatic carbocycles. The minimum absolute atomic E-state index is 0.0223. The first-order valence-corrected chi connectivity index (χ1v) is 6.54. The minimum Gasteiger partial charge on any atom is -0.274 e. The quantitative estimate of drug-likeness (QED) is 0.768. The molecule has 0 spiro atoms. The first kappa shape index (κ1) is 13.4. The van der Waals surface area contributed by atoms with E-state index >= 15 is 0 Å². The van der Waals surface area contributed by atoms with Gasteiger partial charge in [0.15, 0.2) is 0 Å². The summed E-state index contributed by atoms with van der Waals surface area (Å²) in [6, 6.07) is 6.37. The standard InChI is InChI=1S/C12H15NO3S/c1-4-9-13(11(3)14)17(15,16)12-7-5-10(2)6-8-12/h4-8H,1,9H2,2-3H3. The number of rotatable bonds is 4. The number of amides is 1. The van der Waals surface area contributed by atoms with Crippen LogP contribution in [0.4, 0.5) is 0 Å². The summed E-state index contributed by atoms with van der Waals surface area (Å²) in [5.41, 5.74) is 0.960. The van der Waals surface area contributed by atoms with Crippen molar-refractivity contribution in [1.29, 1.82) is 0 Å². The van der Waals surface area contributed by atoms with Gasteiger partial charge in [-0.1, -0.05) is 23.8 Å². The largest absolute Gasteiger partial charge is 0.274 e. The van der Waals surface area contributed by atoms with Crippen molar-refractivity contribution in [2.45, 2.75) is 18.7 Å². The number of hydrogen-bond donors (Lipinski definition) is 0. The van der Waals surface area contributed by atoms with Gasteiger partial charge in [0.2, 0.25) is 5.91 Å². The zero-order valence-corrected chi connectivity index (χ0v) is 10.7.